The zero-order chi connectivity index (χ0) is 43.3. The fraction of sp³-hybridized carbons (Fsp3) is 0.185. The van der Waals surface area contributed by atoms with Crippen LogP contribution in [0.1, 0.15) is 46.6 Å². The molecule has 4 rings (SSSR count). The van der Waals surface area contributed by atoms with Crippen molar-refractivity contribution in [3.63, 3.8) is 0 Å². The highest BCUT2D eigenvalue weighted by Crippen LogP contribution is 2.29. The molecule has 0 saturated heterocycles. The predicted molar refractivity (Wildman–Crippen MR) is 258 cm³/mol. The highest BCUT2D eigenvalue weighted by molar-refractivity contribution is 5.75. The molecular weight excluding hydrogens is 729 g/mol. The Morgan fingerprint density at radius 1 is 0.797 bits per heavy atom. The van der Waals surface area contributed by atoms with Gasteiger partial charge in [-0.3, -0.25) is 0 Å². The number of nitrogens with zero attached hydrogens (tertiary/aromatic N) is 2. The van der Waals surface area contributed by atoms with Gasteiger partial charge in [0.25, 0.3) is 0 Å². The van der Waals surface area contributed by atoms with Crippen molar-refractivity contribution < 1.29 is 8.78 Å². The molecule has 5 heteroatoms. The highest BCUT2D eigenvalue weighted by atomic mass is 19.1. The van der Waals surface area contributed by atoms with E-state index in [0.717, 1.165) is 46.0 Å². The van der Waals surface area contributed by atoms with Crippen LogP contribution < -0.4 is 15.1 Å². The maximum Gasteiger partial charge on any atom is 0.122 e. The largest absolute Gasteiger partial charge is 0.378 e. The van der Waals surface area contributed by atoms with Crippen LogP contribution in [0.3, 0.4) is 0 Å². The first kappa shape index (κ1) is 48.7. The molecule has 0 aliphatic heterocycles. The van der Waals surface area contributed by atoms with Crippen molar-refractivity contribution in [2.24, 2.45) is 5.92 Å². The van der Waals surface area contributed by atoms with Crippen molar-refractivity contribution in [1.29, 1.82) is 0 Å². The van der Waals surface area contributed by atoms with E-state index in [9.17, 15) is 8.78 Å². The van der Waals surface area contributed by atoms with Crippen LogP contribution in [-0.2, 0) is 0 Å². The Morgan fingerprint density at radius 2 is 1.42 bits per heavy atom. The van der Waals surface area contributed by atoms with E-state index < -0.39 is 12.5 Å². The maximum atomic E-state index is 14.0. The van der Waals surface area contributed by atoms with E-state index in [1.807, 2.05) is 160 Å². The molecular formula is C54H63F2N3. The number of halogens is 2. The van der Waals surface area contributed by atoms with Crippen LogP contribution in [-0.4, -0.2) is 19.3 Å². The summed E-state index contributed by atoms with van der Waals surface area (Å²) >= 11 is 0. The third-order valence-corrected chi connectivity index (χ3v) is 8.86. The molecule has 2 unspecified atom stereocenters. The van der Waals surface area contributed by atoms with Crippen molar-refractivity contribution in [2.45, 2.75) is 47.1 Å². The second-order valence-electron chi connectivity index (χ2n) is 13.0. The first-order valence-electron chi connectivity index (χ1n) is 20.2. The van der Waals surface area contributed by atoms with Gasteiger partial charge in [-0.25, -0.2) is 8.78 Å². The SMILES string of the molecule is C=C/C=C\C=C/CN(C(/C=C\CF)=C/C)c1ccc(C(=C)/C=C\C(=C)N(/C(C)=C/C=C(/F)C=C)c2ccc(NC3C=CCC=CC3C)cc2)cc1.CC.c1ccccc1. The minimum atomic E-state index is -0.535. The number of allylic oxidation sites excluding steroid dienone is 17. The van der Waals surface area contributed by atoms with Gasteiger partial charge >= 0.3 is 0 Å². The number of anilines is 3. The van der Waals surface area contributed by atoms with Crippen molar-refractivity contribution in [3.05, 3.63) is 243 Å². The second-order valence-corrected chi connectivity index (χ2v) is 13.0. The lowest BCUT2D eigenvalue weighted by Crippen LogP contribution is -2.23. The fourth-order valence-electron chi connectivity index (χ4n) is 5.77. The van der Waals surface area contributed by atoms with Gasteiger partial charge in [0, 0.05) is 40.7 Å². The predicted octanol–water partition coefficient (Wildman–Crippen LogP) is 15.4. The van der Waals surface area contributed by atoms with Crippen LogP contribution in [0, 0.1) is 5.92 Å². The molecule has 0 amide bonds. The van der Waals surface area contributed by atoms with Crippen LogP contribution in [0.15, 0.2) is 237 Å². The molecule has 1 N–H and O–H groups in total. The van der Waals surface area contributed by atoms with Crippen molar-refractivity contribution in [1.82, 2.24) is 0 Å². The van der Waals surface area contributed by atoms with Gasteiger partial charge in [0.1, 0.15) is 12.5 Å². The quantitative estimate of drug-likeness (QED) is 0.102. The van der Waals surface area contributed by atoms with Gasteiger partial charge in [-0.05, 0) is 104 Å². The third-order valence-electron chi connectivity index (χ3n) is 8.86. The summed E-state index contributed by atoms with van der Waals surface area (Å²) in [6, 6.07) is 28.4. The topological polar surface area (TPSA) is 18.5 Å². The van der Waals surface area contributed by atoms with Crippen LogP contribution >= 0.6 is 0 Å². The molecule has 1 aliphatic carbocycles. The van der Waals surface area contributed by atoms with Crippen molar-refractivity contribution in [2.75, 3.05) is 28.3 Å². The Labute approximate surface area is 354 Å². The van der Waals surface area contributed by atoms with Gasteiger partial charge < -0.3 is 15.1 Å². The van der Waals surface area contributed by atoms with Crippen LogP contribution in [0.2, 0.25) is 0 Å². The van der Waals surface area contributed by atoms with Gasteiger partial charge in [-0.1, -0.05) is 169 Å². The lowest BCUT2D eigenvalue weighted by molar-refractivity contribution is 0.561. The van der Waals surface area contributed by atoms with Crippen LogP contribution in [0.5, 0.6) is 0 Å². The molecule has 0 aromatic heterocycles. The standard InChI is InChI=1S/C46H51F2N3.C6H6.C2H6/c1-8-11-12-13-17-35-50(43(10-3)20-18-34-47)44-30-25-40(26-31-44)36(4)22-23-38(6)51(39(7)24-27-41(48)9-2)45-32-28-42(29-33-45)49-46-21-16-14-15-19-37(46)5;1-2-4-6-5-3-1;1-2/h8-13,15-33,37,46,49H,1-2,4,6,14,34-35H2,3,5,7H3;1-6H;1-2H3/b12-11-,17-13-,20-18-,23-22-,39-24+,41-27+,43-10+;;. The van der Waals surface area contributed by atoms with E-state index in [4.69, 9.17) is 0 Å². The Bertz CT molecular complexity index is 1980. The summed E-state index contributed by atoms with van der Waals surface area (Å²) in [6.07, 6.45) is 32.6. The van der Waals surface area contributed by atoms with E-state index in [-0.39, 0.29) is 6.04 Å². The first-order chi connectivity index (χ1) is 28.7. The van der Waals surface area contributed by atoms with Gasteiger partial charge in [-0.2, -0.15) is 0 Å². The summed E-state index contributed by atoms with van der Waals surface area (Å²) in [5.41, 5.74) is 6.93. The number of nitrogens with one attached hydrogen (secondary N) is 1. The molecule has 0 saturated carbocycles. The Hall–Kier alpha value is -6.46. The van der Waals surface area contributed by atoms with Gasteiger partial charge in [-0.15, -0.1) is 0 Å². The lowest BCUT2D eigenvalue weighted by atomic mass is 10.0. The molecule has 0 bridgehead atoms. The molecule has 59 heavy (non-hydrogen) atoms. The number of rotatable bonds is 18. The molecule has 0 fully saturated rings. The van der Waals surface area contributed by atoms with Gasteiger partial charge in [0.2, 0.25) is 0 Å². The molecule has 3 aromatic rings. The molecule has 3 nitrogen and oxygen atoms in total. The van der Waals surface area contributed by atoms with Crippen molar-refractivity contribution in [3.8, 4) is 0 Å². The first-order valence-corrected chi connectivity index (χ1v) is 20.2. The van der Waals surface area contributed by atoms with E-state index >= 15 is 0 Å². The number of benzene rings is 3. The number of hydrogen-bond donors (Lipinski definition) is 1. The fourth-order valence-corrected chi connectivity index (χ4v) is 5.77. The molecule has 308 valence electrons. The minimum absolute atomic E-state index is 0.199. The lowest BCUT2D eigenvalue weighted by Gasteiger charge is -2.27. The van der Waals surface area contributed by atoms with Crippen LogP contribution in [0.4, 0.5) is 25.8 Å². The monoisotopic (exact) mass is 791 g/mol. The molecule has 3 aromatic carbocycles. The number of hydrogen-bond acceptors (Lipinski definition) is 3. The Morgan fingerprint density at radius 3 is 2.02 bits per heavy atom. The average Bonchev–Trinajstić information content (AvgIpc) is 3.49. The van der Waals surface area contributed by atoms with E-state index in [1.54, 1.807) is 18.2 Å². The normalized spacial score (nSPS) is 15.6. The van der Waals surface area contributed by atoms with E-state index in [0.29, 0.717) is 18.2 Å². The molecule has 0 heterocycles. The summed E-state index contributed by atoms with van der Waals surface area (Å²) in [7, 11) is 0. The highest BCUT2D eigenvalue weighted by Gasteiger charge is 2.15. The molecule has 0 spiro atoms. The summed E-state index contributed by atoms with van der Waals surface area (Å²) < 4.78 is 27.0. The summed E-state index contributed by atoms with van der Waals surface area (Å²) in [5.74, 6) is -0.0576. The van der Waals surface area contributed by atoms with E-state index in [2.05, 4.69) is 67.8 Å². The summed E-state index contributed by atoms with van der Waals surface area (Å²) in [6.45, 7) is 26.0. The smallest absolute Gasteiger partial charge is 0.122 e. The second kappa shape index (κ2) is 28.9. The van der Waals surface area contributed by atoms with Crippen LogP contribution in [0.25, 0.3) is 5.57 Å². The summed E-state index contributed by atoms with van der Waals surface area (Å²) in [4.78, 5) is 4.08. The third kappa shape index (κ3) is 17.7. The van der Waals surface area contributed by atoms with Gasteiger partial charge in [0.05, 0.1) is 6.04 Å². The summed E-state index contributed by atoms with van der Waals surface area (Å²) in [5, 5.41) is 3.62. The Balaban J connectivity index is 0.00000135. The van der Waals surface area contributed by atoms with E-state index in [1.165, 1.54) is 18.2 Å². The maximum absolute atomic E-state index is 14.0. The molecule has 2 atom stereocenters. The number of alkyl halides is 1. The Kier molecular flexibility index (Phi) is 23.8. The molecule has 0 radical (unpaired) electrons. The minimum Gasteiger partial charge on any atom is -0.378 e. The zero-order valence-corrected chi connectivity index (χ0v) is 35.7. The van der Waals surface area contributed by atoms with Crippen molar-refractivity contribution >= 4 is 22.6 Å². The van der Waals surface area contributed by atoms with Gasteiger partial charge in [0.15, 0.2) is 0 Å². The molecule has 1 aliphatic rings. The zero-order valence-electron chi connectivity index (χ0n) is 35.7. The average molecular weight is 792 g/mol.